The Labute approximate surface area is 226 Å². The van der Waals surface area contributed by atoms with Gasteiger partial charge in [0.25, 0.3) is 5.69 Å². The van der Waals surface area contributed by atoms with Gasteiger partial charge in [-0.05, 0) is 59.0 Å². The topological polar surface area (TPSA) is 93.6 Å². The Morgan fingerprint density at radius 1 is 0.872 bits per heavy atom. The van der Waals surface area contributed by atoms with Crippen molar-refractivity contribution in [3.8, 4) is 33.0 Å². The summed E-state index contributed by atoms with van der Waals surface area (Å²) in [6, 6.07) is 30.9. The number of fused-ring (bicyclic) bond motifs is 4. The molecular weight excluding hydrogens is 508 g/mol. The summed E-state index contributed by atoms with van der Waals surface area (Å²) in [6.45, 7) is 0. The summed E-state index contributed by atoms with van der Waals surface area (Å²) in [6.07, 6.45) is 0.928. The minimum Gasteiger partial charge on any atom is -0.436 e. The lowest BCUT2D eigenvalue weighted by Gasteiger charge is -2.05. The number of non-ortho nitro benzene ring substituents is 1. The number of rotatable bonds is 5. The van der Waals surface area contributed by atoms with E-state index in [1.54, 1.807) is 12.1 Å². The van der Waals surface area contributed by atoms with Crippen molar-refractivity contribution in [2.24, 2.45) is 5.10 Å². The molecule has 0 amide bonds. The van der Waals surface area contributed by atoms with Crippen molar-refractivity contribution in [2.75, 3.05) is 5.43 Å². The number of hydrogen-bond acceptors (Lipinski definition) is 7. The summed E-state index contributed by atoms with van der Waals surface area (Å²) < 4.78 is 6.17. The van der Waals surface area contributed by atoms with Crippen LogP contribution in [0.5, 0.6) is 0 Å². The molecule has 7 nitrogen and oxygen atoms in total. The van der Waals surface area contributed by atoms with Crippen LogP contribution in [0, 0.1) is 10.1 Å². The molecule has 1 aliphatic rings. The third-order valence-corrected chi connectivity index (χ3v) is 7.72. The zero-order valence-electron chi connectivity index (χ0n) is 20.5. The van der Waals surface area contributed by atoms with E-state index in [0.29, 0.717) is 16.8 Å². The summed E-state index contributed by atoms with van der Waals surface area (Å²) in [5, 5.41) is 19.3. The van der Waals surface area contributed by atoms with Gasteiger partial charge in [-0.15, -0.1) is 16.4 Å². The summed E-state index contributed by atoms with van der Waals surface area (Å²) in [4.78, 5) is 15.5. The molecule has 188 valence electrons. The van der Waals surface area contributed by atoms with E-state index >= 15 is 0 Å². The molecule has 0 aliphatic heterocycles. The van der Waals surface area contributed by atoms with Crippen molar-refractivity contribution in [2.45, 2.75) is 6.42 Å². The van der Waals surface area contributed by atoms with Crippen LogP contribution in [-0.4, -0.2) is 9.91 Å². The highest BCUT2D eigenvalue weighted by atomic mass is 32.1. The molecular formula is C31H20N4O3S. The average molecular weight is 529 g/mol. The van der Waals surface area contributed by atoms with Crippen LogP contribution in [0.2, 0.25) is 0 Å². The maximum Gasteiger partial charge on any atom is 0.269 e. The number of anilines is 1. The smallest absolute Gasteiger partial charge is 0.269 e. The monoisotopic (exact) mass is 528 g/mol. The fraction of sp³-hybridized carbons (Fsp3) is 0.0323. The SMILES string of the molecule is O=[N+]([O-])c1ccc(NN=c2oc3ccccc3cc2-c2nc(-c3ccc4c(c3)Cc3ccccc3-4)cs2)cc1. The van der Waals surface area contributed by atoms with Crippen LogP contribution >= 0.6 is 11.3 Å². The second kappa shape index (κ2) is 9.34. The minimum atomic E-state index is -0.433. The quantitative estimate of drug-likeness (QED) is 0.183. The van der Waals surface area contributed by atoms with Gasteiger partial charge in [0.2, 0.25) is 5.55 Å². The Morgan fingerprint density at radius 3 is 2.54 bits per heavy atom. The average Bonchev–Trinajstić information content (AvgIpc) is 3.61. The maximum atomic E-state index is 11.0. The van der Waals surface area contributed by atoms with Gasteiger partial charge < -0.3 is 4.42 Å². The molecule has 39 heavy (non-hydrogen) atoms. The van der Waals surface area contributed by atoms with Crippen LogP contribution in [-0.2, 0) is 6.42 Å². The van der Waals surface area contributed by atoms with Gasteiger partial charge in [0, 0.05) is 28.5 Å². The van der Waals surface area contributed by atoms with Crippen molar-refractivity contribution in [3.05, 3.63) is 129 Å². The number of nitrogens with zero attached hydrogens (tertiary/aromatic N) is 3. The van der Waals surface area contributed by atoms with Crippen LogP contribution in [0.25, 0.3) is 43.9 Å². The van der Waals surface area contributed by atoms with Gasteiger partial charge in [-0.3, -0.25) is 15.5 Å². The Morgan fingerprint density at radius 2 is 1.67 bits per heavy atom. The molecule has 0 fully saturated rings. The molecule has 4 aromatic carbocycles. The highest BCUT2D eigenvalue weighted by Gasteiger charge is 2.19. The van der Waals surface area contributed by atoms with E-state index in [-0.39, 0.29) is 5.69 Å². The fourth-order valence-electron chi connectivity index (χ4n) is 4.91. The van der Waals surface area contributed by atoms with Crippen molar-refractivity contribution in [1.82, 2.24) is 4.98 Å². The molecule has 7 rings (SSSR count). The van der Waals surface area contributed by atoms with Crippen molar-refractivity contribution >= 4 is 33.7 Å². The van der Waals surface area contributed by atoms with Crippen molar-refractivity contribution in [3.63, 3.8) is 0 Å². The first-order chi connectivity index (χ1) is 19.1. The van der Waals surface area contributed by atoms with E-state index in [4.69, 9.17) is 9.40 Å². The van der Waals surface area contributed by atoms with Gasteiger partial charge in [-0.2, -0.15) is 0 Å². The summed E-state index contributed by atoms with van der Waals surface area (Å²) in [5.41, 5.74) is 12.6. The molecule has 8 heteroatoms. The number of para-hydroxylation sites is 1. The lowest BCUT2D eigenvalue weighted by atomic mass is 10.0. The predicted octanol–water partition coefficient (Wildman–Crippen LogP) is 7.63. The molecule has 0 spiro atoms. The van der Waals surface area contributed by atoms with Crippen LogP contribution in [0.1, 0.15) is 11.1 Å². The molecule has 0 radical (unpaired) electrons. The van der Waals surface area contributed by atoms with Crippen LogP contribution in [0.15, 0.2) is 112 Å². The Hall–Kier alpha value is -5.08. The number of nitrogens with one attached hydrogen (secondary N) is 1. The molecule has 2 aromatic heterocycles. The van der Waals surface area contributed by atoms with E-state index in [1.165, 1.54) is 45.7 Å². The lowest BCUT2D eigenvalue weighted by Crippen LogP contribution is -2.09. The molecule has 2 heterocycles. The summed E-state index contributed by atoms with van der Waals surface area (Å²) >= 11 is 1.53. The third-order valence-electron chi connectivity index (χ3n) is 6.84. The molecule has 1 N–H and O–H groups in total. The molecule has 1 aliphatic carbocycles. The molecule has 6 aromatic rings. The predicted molar refractivity (Wildman–Crippen MR) is 153 cm³/mol. The van der Waals surface area contributed by atoms with E-state index in [2.05, 4.69) is 58.4 Å². The van der Waals surface area contributed by atoms with Gasteiger partial charge >= 0.3 is 0 Å². The highest BCUT2D eigenvalue weighted by Crippen LogP contribution is 2.39. The number of nitro groups is 1. The second-order valence-electron chi connectivity index (χ2n) is 9.27. The van der Waals surface area contributed by atoms with Crippen LogP contribution in [0.4, 0.5) is 11.4 Å². The van der Waals surface area contributed by atoms with E-state index in [1.807, 2.05) is 30.3 Å². The molecule has 0 saturated heterocycles. The normalized spacial score (nSPS) is 12.4. The molecule has 0 bridgehead atoms. The van der Waals surface area contributed by atoms with Gasteiger partial charge in [0.15, 0.2) is 0 Å². The van der Waals surface area contributed by atoms with Crippen LogP contribution < -0.4 is 11.0 Å². The lowest BCUT2D eigenvalue weighted by molar-refractivity contribution is -0.384. The Balaban J connectivity index is 1.26. The number of nitro benzene ring substituents is 1. The zero-order valence-corrected chi connectivity index (χ0v) is 21.3. The number of aromatic nitrogens is 1. The second-order valence-corrected chi connectivity index (χ2v) is 10.1. The highest BCUT2D eigenvalue weighted by molar-refractivity contribution is 7.13. The Bertz CT molecular complexity index is 1960. The zero-order chi connectivity index (χ0) is 26.3. The number of thiazole rings is 1. The Kier molecular flexibility index (Phi) is 5.53. The molecule has 0 atom stereocenters. The fourth-order valence-corrected chi connectivity index (χ4v) is 5.75. The first-order valence-electron chi connectivity index (χ1n) is 12.4. The number of benzene rings is 4. The minimum absolute atomic E-state index is 0.0161. The summed E-state index contributed by atoms with van der Waals surface area (Å²) in [5.74, 6) is 0. The van der Waals surface area contributed by atoms with Gasteiger partial charge in [-0.25, -0.2) is 4.98 Å². The first-order valence-corrected chi connectivity index (χ1v) is 13.2. The third kappa shape index (κ3) is 4.26. The summed E-state index contributed by atoms with van der Waals surface area (Å²) in [7, 11) is 0. The van der Waals surface area contributed by atoms with Gasteiger partial charge in [-0.1, -0.05) is 54.6 Å². The number of hydrogen-bond donors (Lipinski definition) is 1. The van der Waals surface area contributed by atoms with Gasteiger partial charge in [0.05, 0.1) is 21.9 Å². The van der Waals surface area contributed by atoms with E-state index in [0.717, 1.165) is 33.6 Å². The van der Waals surface area contributed by atoms with Gasteiger partial charge in [0.1, 0.15) is 10.6 Å². The molecule has 0 unspecified atom stereocenters. The van der Waals surface area contributed by atoms with E-state index < -0.39 is 4.92 Å². The van der Waals surface area contributed by atoms with Crippen molar-refractivity contribution in [1.29, 1.82) is 0 Å². The largest absolute Gasteiger partial charge is 0.436 e. The standard InChI is InChI=1S/C31H20N4O3S/c36-35(37)24-12-10-23(11-13-24)33-34-30-27(17-21-6-2-4-8-29(21)38-30)31-32-28(18-39-31)20-9-14-26-22(16-20)15-19-5-1-3-7-25(19)26/h1-14,16-18,33H,15H2. The first kappa shape index (κ1) is 23.1. The molecule has 0 saturated carbocycles. The maximum absolute atomic E-state index is 11.0. The van der Waals surface area contributed by atoms with Crippen LogP contribution in [0.3, 0.4) is 0 Å². The van der Waals surface area contributed by atoms with E-state index in [9.17, 15) is 10.1 Å². The van der Waals surface area contributed by atoms with Crippen molar-refractivity contribution < 1.29 is 9.34 Å².